The normalized spacial score (nSPS) is 9.83. The molecular weight excluding hydrogens is 309 g/mol. The molecule has 0 bridgehead atoms. The number of carbonyl (C=O) groups is 1. The number of rotatable bonds is 3. The third-order valence-corrected chi connectivity index (χ3v) is 3.19. The van der Waals surface area contributed by atoms with Crippen molar-refractivity contribution in [3.63, 3.8) is 0 Å². The van der Waals surface area contributed by atoms with Crippen LogP contribution in [-0.4, -0.2) is 18.3 Å². The number of halogens is 2. The second-order valence-electron chi connectivity index (χ2n) is 2.08. The number of nitrogens with one attached hydrogen (secondary N) is 1. The van der Waals surface area contributed by atoms with Gasteiger partial charge in [0.2, 0.25) is 0 Å². The quantitative estimate of drug-likeness (QED) is 0.673. The van der Waals surface area contributed by atoms with Crippen LogP contribution in [0.4, 0.5) is 0 Å². The van der Waals surface area contributed by atoms with E-state index in [1.807, 2.05) is 11.4 Å². The first kappa shape index (κ1) is 10.3. The topological polar surface area (TPSA) is 29.1 Å². The molecule has 0 aliphatic rings. The van der Waals surface area contributed by atoms with E-state index in [2.05, 4.69) is 27.9 Å². The van der Waals surface area contributed by atoms with Crippen molar-refractivity contribution < 1.29 is 4.79 Å². The van der Waals surface area contributed by atoms with E-state index in [0.717, 1.165) is 8.45 Å². The Labute approximate surface area is 93.4 Å². The molecule has 0 spiro atoms. The summed E-state index contributed by atoms with van der Waals surface area (Å²) in [6.45, 7) is 0.521. The van der Waals surface area contributed by atoms with E-state index in [4.69, 9.17) is 11.6 Å². The van der Waals surface area contributed by atoms with Crippen molar-refractivity contribution in [2.45, 2.75) is 0 Å². The maximum atomic E-state index is 11.3. The minimum Gasteiger partial charge on any atom is -0.351 e. The molecule has 5 heteroatoms. The third kappa shape index (κ3) is 2.91. The predicted molar refractivity (Wildman–Crippen MR) is 60.1 cm³/mol. The van der Waals surface area contributed by atoms with E-state index in [1.165, 1.54) is 0 Å². The van der Waals surface area contributed by atoms with Gasteiger partial charge in [0.1, 0.15) is 0 Å². The van der Waals surface area contributed by atoms with Crippen LogP contribution in [0.25, 0.3) is 0 Å². The molecule has 2 nitrogen and oxygen atoms in total. The second-order valence-corrected chi connectivity index (χ2v) is 5.27. The van der Waals surface area contributed by atoms with Crippen LogP contribution in [0.15, 0.2) is 11.4 Å². The highest BCUT2D eigenvalue weighted by atomic mass is 127. The summed E-state index contributed by atoms with van der Waals surface area (Å²) < 4.78 is 1.11. The monoisotopic (exact) mass is 315 g/mol. The van der Waals surface area contributed by atoms with E-state index in [-0.39, 0.29) is 5.91 Å². The predicted octanol–water partition coefficient (Wildman–Crippen LogP) is 2.32. The van der Waals surface area contributed by atoms with Crippen molar-refractivity contribution in [1.82, 2.24) is 5.32 Å². The third-order valence-electron chi connectivity index (χ3n) is 1.21. The minimum atomic E-state index is -0.0465. The van der Waals surface area contributed by atoms with Crippen LogP contribution in [0.5, 0.6) is 0 Å². The lowest BCUT2D eigenvalue weighted by Gasteiger charge is -1.98. The molecule has 0 aliphatic carbocycles. The number of carbonyl (C=O) groups excluding carboxylic acids is 1. The van der Waals surface area contributed by atoms with Gasteiger partial charge in [0.25, 0.3) is 5.91 Å². The Kier molecular flexibility index (Phi) is 4.31. The Morgan fingerprint density at radius 1 is 1.75 bits per heavy atom. The number of hydrogen-bond donors (Lipinski definition) is 1. The zero-order valence-electron chi connectivity index (χ0n) is 6.14. The molecule has 12 heavy (non-hydrogen) atoms. The van der Waals surface area contributed by atoms with Gasteiger partial charge in [-0.15, -0.1) is 22.9 Å². The molecular formula is C7H7ClINOS. The van der Waals surface area contributed by atoms with Crippen molar-refractivity contribution in [3.05, 3.63) is 19.9 Å². The molecule has 0 radical (unpaired) electrons. The molecule has 0 unspecified atom stereocenters. The van der Waals surface area contributed by atoms with Crippen LogP contribution in [0.3, 0.4) is 0 Å². The summed E-state index contributed by atoms with van der Waals surface area (Å²) in [7, 11) is 0. The summed E-state index contributed by atoms with van der Waals surface area (Å²) in [6.07, 6.45) is 0. The summed E-state index contributed by atoms with van der Waals surface area (Å²) in [5.41, 5.74) is 0.717. The van der Waals surface area contributed by atoms with E-state index >= 15 is 0 Å². The van der Waals surface area contributed by atoms with Gasteiger partial charge in [-0.3, -0.25) is 4.79 Å². The largest absolute Gasteiger partial charge is 0.351 e. The molecule has 1 N–H and O–H groups in total. The first-order chi connectivity index (χ1) is 5.74. The van der Waals surface area contributed by atoms with Gasteiger partial charge < -0.3 is 5.32 Å². The summed E-state index contributed by atoms with van der Waals surface area (Å²) >= 11 is 9.17. The molecule has 0 aromatic carbocycles. The van der Waals surface area contributed by atoms with Crippen LogP contribution >= 0.6 is 45.5 Å². The molecule has 1 heterocycles. The van der Waals surface area contributed by atoms with Crippen molar-refractivity contribution in [3.8, 4) is 0 Å². The van der Waals surface area contributed by atoms with Gasteiger partial charge in [0.15, 0.2) is 0 Å². The average Bonchev–Trinajstić information content (AvgIpc) is 2.47. The molecule has 1 rings (SSSR count). The van der Waals surface area contributed by atoms with Crippen LogP contribution in [0.1, 0.15) is 10.4 Å². The lowest BCUT2D eigenvalue weighted by molar-refractivity contribution is 0.0956. The van der Waals surface area contributed by atoms with Gasteiger partial charge in [-0.2, -0.15) is 0 Å². The molecule has 0 atom stereocenters. The SMILES string of the molecule is O=C(NCCCl)c1csc(I)c1. The van der Waals surface area contributed by atoms with E-state index < -0.39 is 0 Å². The molecule has 0 fully saturated rings. The van der Waals surface area contributed by atoms with E-state index in [0.29, 0.717) is 12.4 Å². The highest BCUT2D eigenvalue weighted by Crippen LogP contribution is 2.16. The molecule has 1 aromatic rings. The van der Waals surface area contributed by atoms with Crippen molar-refractivity contribution in [1.29, 1.82) is 0 Å². The maximum absolute atomic E-state index is 11.3. The molecule has 66 valence electrons. The maximum Gasteiger partial charge on any atom is 0.252 e. The van der Waals surface area contributed by atoms with Gasteiger partial charge in [0.05, 0.1) is 8.45 Å². The highest BCUT2D eigenvalue weighted by Gasteiger charge is 2.05. The molecule has 0 aliphatic heterocycles. The minimum absolute atomic E-state index is 0.0465. The Hall–Kier alpha value is 0.190. The van der Waals surface area contributed by atoms with Crippen LogP contribution in [-0.2, 0) is 0 Å². The Morgan fingerprint density at radius 3 is 3.00 bits per heavy atom. The van der Waals surface area contributed by atoms with Crippen LogP contribution in [0, 0.1) is 2.88 Å². The molecule has 0 saturated heterocycles. The summed E-state index contributed by atoms with van der Waals surface area (Å²) in [5, 5.41) is 4.53. The van der Waals surface area contributed by atoms with Gasteiger partial charge in [-0.25, -0.2) is 0 Å². The standard InChI is InChI=1S/C7H7ClINOS/c8-1-2-10-7(11)5-3-6(9)12-4-5/h3-4H,1-2H2,(H,10,11). The number of alkyl halides is 1. The van der Waals surface area contributed by atoms with Crippen LogP contribution in [0.2, 0.25) is 0 Å². The fourth-order valence-electron chi connectivity index (χ4n) is 0.692. The summed E-state index contributed by atoms with van der Waals surface area (Å²) in [5.74, 6) is 0.405. The Balaban J connectivity index is 2.53. The zero-order chi connectivity index (χ0) is 8.97. The first-order valence-corrected chi connectivity index (χ1v) is 5.81. The number of hydrogen-bond acceptors (Lipinski definition) is 2. The lowest BCUT2D eigenvalue weighted by Crippen LogP contribution is -2.24. The van der Waals surface area contributed by atoms with E-state index in [1.54, 1.807) is 11.3 Å². The van der Waals surface area contributed by atoms with Crippen molar-refractivity contribution >= 4 is 51.4 Å². The Morgan fingerprint density at radius 2 is 2.50 bits per heavy atom. The highest BCUT2D eigenvalue weighted by molar-refractivity contribution is 14.1. The fraction of sp³-hybridized carbons (Fsp3) is 0.286. The first-order valence-electron chi connectivity index (χ1n) is 3.32. The molecule has 1 aromatic heterocycles. The van der Waals surface area contributed by atoms with Gasteiger partial charge >= 0.3 is 0 Å². The van der Waals surface area contributed by atoms with E-state index in [9.17, 15) is 4.79 Å². The van der Waals surface area contributed by atoms with Crippen molar-refractivity contribution in [2.24, 2.45) is 0 Å². The smallest absolute Gasteiger partial charge is 0.252 e. The van der Waals surface area contributed by atoms with Crippen LogP contribution < -0.4 is 5.32 Å². The lowest BCUT2D eigenvalue weighted by atomic mass is 10.3. The number of amides is 1. The summed E-state index contributed by atoms with van der Waals surface area (Å²) in [6, 6.07) is 1.86. The second kappa shape index (κ2) is 5.04. The Bertz CT molecular complexity index is 276. The van der Waals surface area contributed by atoms with Gasteiger partial charge in [0, 0.05) is 17.8 Å². The molecule has 1 amide bonds. The fourth-order valence-corrected chi connectivity index (χ4v) is 2.11. The number of thiophene rings is 1. The summed E-state index contributed by atoms with van der Waals surface area (Å²) in [4.78, 5) is 11.3. The van der Waals surface area contributed by atoms with Gasteiger partial charge in [-0.1, -0.05) is 0 Å². The average molecular weight is 316 g/mol. The zero-order valence-corrected chi connectivity index (χ0v) is 9.87. The van der Waals surface area contributed by atoms with Gasteiger partial charge in [-0.05, 0) is 28.7 Å². The van der Waals surface area contributed by atoms with Crippen molar-refractivity contribution in [2.75, 3.05) is 12.4 Å². The molecule has 0 saturated carbocycles.